The van der Waals surface area contributed by atoms with E-state index in [-0.39, 0.29) is 5.54 Å². The van der Waals surface area contributed by atoms with E-state index in [0.717, 1.165) is 30.8 Å². The van der Waals surface area contributed by atoms with Crippen LogP contribution in [0.15, 0.2) is 34.3 Å². The van der Waals surface area contributed by atoms with Crippen molar-refractivity contribution < 1.29 is 0 Å². The fraction of sp³-hybridized carbons (Fsp3) is 0.400. The molecule has 2 heterocycles. The average Bonchev–Trinajstić information content (AvgIpc) is 2.53. The van der Waals surface area contributed by atoms with Gasteiger partial charge in [0.25, 0.3) is 0 Å². The molecule has 8 heteroatoms. The molecule has 1 fully saturated rings. The Morgan fingerprint density at radius 3 is 2.61 bits per heavy atom. The van der Waals surface area contributed by atoms with Crippen LogP contribution in [-0.4, -0.2) is 33.8 Å². The summed E-state index contributed by atoms with van der Waals surface area (Å²) in [5.41, 5.74) is 6.05. The van der Waals surface area contributed by atoms with E-state index in [0.29, 0.717) is 21.0 Å². The van der Waals surface area contributed by atoms with Gasteiger partial charge >= 0.3 is 0 Å². The molecule has 0 amide bonds. The van der Waals surface area contributed by atoms with E-state index < -0.39 is 0 Å². The molecule has 5 nitrogen and oxygen atoms in total. The molecule has 0 aliphatic carbocycles. The molecule has 0 spiro atoms. The van der Waals surface area contributed by atoms with Crippen molar-refractivity contribution in [1.82, 2.24) is 15.2 Å². The van der Waals surface area contributed by atoms with Gasteiger partial charge in [-0.1, -0.05) is 41.0 Å². The van der Waals surface area contributed by atoms with Crippen LogP contribution in [0.25, 0.3) is 0 Å². The highest BCUT2D eigenvalue weighted by Crippen LogP contribution is 2.36. The van der Waals surface area contributed by atoms with Crippen LogP contribution >= 0.6 is 35.0 Å². The molecule has 3 rings (SSSR count). The third-order valence-electron chi connectivity index (χ3n) is 3.85. The number of rotatable bonds is 3. The molecular weight excluding hydrogens is 353 g/mol. The predicted molar refractivity (Wildman–Crippen MR) is 94.5 cm³/mol. The Bertz CT molecular complexity index is 683. The summed E-state index contributed by atoms with van der Waals surface area (Å²) < 4.78 is 0. The third kappa shape index (κ3) is 4.07. The highest BCUT2D eigenvalue weighted by atomic mass is 35.5. The van der Waals surface area contributed by atoms with Crippen molar-refractivity contribution in [3.63, 3.8) is 0 Å². The van der Waals surface area contributed by atoms with Crippen molar-refractivity contribution in [3.8, 4) is 0 Å². The van der Waals surface area contributed by atoms with E-state index in [2.05, 4.69) is 27.0 Å². The van der Waals surface area contributed by atoms with Crippen LogP contribution in [0.5, 0.6) is 0 Å². The standard InChI is InChI=1S/C15H17Cl2N5S/c1-15(18)5-7-22(8-6-15)14-19-9-12(20-21-14)23-11-4-2-3-10(16)13(11)17/h2-4,9H,5-8,18H2,1H3. The zero-order valence-electron chi connectivity index (χ0n) is 12.7. The van der Waals surface area contributed by atoms with Crippen LogP contribution in [-0.2, 0) is 0 Å². The van der Waals surface area contributed by atoms with Crippen LogP contribution in [0.2, 0.25) is 10.0 Å². The highest BCUT2D eigenvalue weighted by molar-refractivity contribution is 7.99. The van der Waals surface area contributed by atoms with Gasteiger partial charge in [0, 0.05) is 23.5 Å². The van der Waals surface area contributed by atoms with Crippen molar-refractivity contribution in [2.24, 2.45) is 5.73 Å². The van der Waals surface area contributed by atoms with Crippen LogP contribution in [0.4, 0.5) is 5.95 Å². The van der Waals surface area contributed by atoms with E-state index in [1.165, 1.54) is 11.8 Å². The van der Waals surface area contributed by atoms with Crippen LogP contribution in [0.3, 0.4) is 0 Å². The number of nitrogens with zero attached hydrogens (tertiary/aromatic N) is 4. The molecule has 0 atom stereocenters. The summed E-state index contributed by atoms with van der Waals surface area (Å²) in [7, 11) is 0. The molecule has 0 unspecified atom stereocenters. The maximum atomic E-state index is 6.18. The van der Waals surface area contributed by atoms with Gasteiger partial charge in [0.2, 0.25) is 5.95 Å². The van der Waals surface area contributed by atoms with Crippen LogP contribution in [0.1, 0.15) is 19.8 Å². The number of halogens is 2. The zero-order chi connectivity index (χ0) is 16.4. The fourth-order valence-corrected chi connectivity index (χ4v) is 3.57. The number of benzene rings is 1. The second kappa shape index (κ2) is 6.81. The number of anilines is 1. The smallest absolute Gasteiger partial charge is 0.245 e. The number of aromatic nitrogens is 3. The van der Waals surface area contributed by atoms with Gasteiger partial charge in [0.15, 0.2) is 0 Å². The van der Waals surface area contributed by atoms with Crippen LogP contribution in [0, 0.1) is 0 Å². The number of piperidine rings is 1. The lowest BCUT2D eigenvalue weighted by Crippen LogP contribution is -2.48. The molecule has 122 valence electrons. The predicted octanol–water partition coefficient (Wildman–Crippen LogP) is 3.65. The summed E-state index contributed by atoms with van der Waals surface area (Å²) in [5.74, 6) is 0.641. The monoisotopic (exact) mass is 369 g/mol. The van der Waals surface area contributed by atoms with Gasteiger partial charge in [-0.05, 0) is 31.9 Å². The van der Waals surface area contributed by atoms with Gasteiger partial charge in [-0.15, -0.1) is 10.2 Å². The second-order valence-electron chi connectivity index (χ2n) is 5.89. The van der Waals surface area contributed by atoms with Crippen molar-refractivity contribution in [3.05, 3.63) is 34.4 Å². The minimum absolute atomic E-state index is 0.0942. The summed E-state index contributed by atoms with van der Waals surface area (Å²) >= 11 is 13.6. The summed E-state index contributed by atoms with van der Waals surface area (Å²) in [5, 5.41) is 10.2. The van der Waals surface area contributed by atoms with Crippen LogP contribution < -0.4 is 10.6 Å². The summed E-state index contributed by atoms with van der Waals surface area (Å²) in [4.78, 5) is 7.36. The number of hydrogen-bond acceptors (Lipinski definition) is 6. The first-order valence-corrected chi connectivity index (χ1v) is 8.87. The van der Waals surface area contributed by atoms with Crippen molar-refractivity contribution in [1.29, 1.82) is 0 Å². The SMILES string of the molecule is CC1(N)CCN(c2ncc(Sc3cccc(Cl)c3Cl)nn2)CC1. The normalized spacial score (nSPS) is 17.3. The first-order chi connectivity index (χ1) is 10.9. The van der Waals surface area contributed by atoms with E-state index in [1.54, 1.807) is 12.3 Å². The highest BCUT2D eigenvalue weighted by Gasteiger charge is 2.27. The van der Waals surface area contributed by atoms with E-state index >= 15 is 0 Å². The maximum Gasteiger partial charge on any atom is 0.245 e. The minimum atomic E-state index is -0.0942. The fourth-order valence-electron chi connectivity index (χ4n) is 2.34. The Hall–Kier alpha value is -1.08. The maximum absolute atomic E-state index is 6.18. The van der Waals surface area contributed by atoms with Gasteiger partial charge in [-0.3, -0.25) is 0 Å². The first kappa shape index (κ1) is 16.8. The summed E-state index contributed by atoms with van der Waals surface area (Å²) in [6.07, 6.45) is 3.55. The summed E-state index contributed by atoms with van der Waals surface area (Å²) in [6.45, 7) is 3.78. The molecule has 0 bridgehead atoms. The molecule has 2 aromatic rings. The third-order valence-corrected chi connectivity index (χ3v) is 5.73. The Kier molecular flexibility index (Phi) is 4.96. The molecule has 23 heavy (non-hydrogen) atoms. The quantitative estimate of drug-likeness (QED) is 0.890. The lowest BCUT2D eigenvalue weighted by atomic mass is 9.91. The van der Waals surface area contributed by atoms with Gasteiger partial charge in [0.1, 0.15) is 5.03 Å². The largest absolute Gasteiger partial charge is 0.339 e. The molecule has 1 saturated heterocycles. The lowest BCUT2D eigenvalue weighted by Gasteiger charge is -2.36. The van der Waals surface area contributed by atoms with Gasteiger partial charge in [0.05, 0.1) is 16.2 Å². The van der Waals surface area contributed by atoms with Crippen molar-refractivity contribution >= 4 is 40.9 Å². The topological polar surface area (TPSA) is 67.9 Å². The number of hydrogen-bond donors (Lipinski definition) is 1. The Labute approximate surface area is 149 Å². The first-order valence-electron chi connectivity index (χ1n) is 7.30. The molecule has 0 saturated carbocycles. The minimum Gasteiger partial charge on any atom is -0.339 e. The molecule has 1 aromatic heterocycles. The Morgan fingerprint density at radius 2 is 1.96 bits per heavy atom. The zero-order valence-corrected chi connectivity index (χ0v) is 15.0. The Morgan fingerprint density at radius 1 is 1.22 bits per heavy atom. The molecular formula is C15H17Cl2N5S. The average molecular weight is 370 g/mol. The second-order valence-corrected chi connectivity index (χ2v) is 7.74. The van der Waals surface area contributed by atoms with Gasteiger partial charge in [-0.2, -0.15) is 0 Å². The molecule has 0 radical (unpaired) electrons. The van der Waals surface area contributed by atoms with Crippen molar-refractivity contribution in [2.75, 3.05) is 18.0 Å². The van der Waals surface area contributed by atoms with E-state index in [9.17, 15) is 0 Å². The van der Waals surface area contributed by atoms with Crippen molar-refractivity contribution in [2.45, 2.75) is 35.2 Å². The summed E-state index contributed by atoms with van der Waals surface area (Å²) in [6, 6.07) is 5.49. The molecule has 1 aliphatic heterocycles. The molecule has 1 aliphatic rings. The molecule has 2 N–H and O–H groups in total. The van der Waals surface area contributed by atoms with E-state index in [1.807, 2.05) is 12.1 Å². The Balaban J connectivity index is 1.69. The van der Waals surface area contributed by atoms with Gasteiger partial charge < -0.3 is 10.6 Å². The lowest BCUT2D eigenvalue weighted by molar-refractivity contribution is 0.361. The number of nitrogens with two attached hydrogens (primary N) is 1. The van der Waals surface area contributed by atoms with E-state index in [4.69, 9.17) is 28.9 Å². The van der Waals surface area contributed by atoms with Gasteiger partial charge in [-0.25, -0.2) is 4.98 Å². The molecule has 1 aromatic carbocycles.